The molecule has 4 nitrogen and oxygen atoms in total. The molecule has 3 N–H and O–H groups in total. The lowest BCUT2D eigenvalue weighted by atomic mass is 10.1. The van der Waals surface area contributed by atoms with Gasteiger partial charge in [0.1, 0.15) is 0 Å². The van der Waals surface area contributed by atoms with Crippen molar-refractivity contribution in [2.45, 2.75) is 20.0 Å². The number of rotatable bonds is 6. The van der Waals surface area contributed by atoms with Crippen molar-refractivity contribution in [3.63, 3.8) is 0 Å². The van der Waals surface area contributed by atoms with Gasteiger partial charge >= 0.3 is 0 Å². The van der Waals surface area contributed by atoms with Gasteiger partial charge in [0.2, 0.25) is 5.91 Å². The highest BCUT2D eigenvalue weighted by atomic mass is 16.1. The molecular weight excluding hydrogens is 226 g/mol. The summed E-state index contributed by atoms with van der Waals surface area (Å²) in [5.74, 6) is -0.120. The zero-order valence-electron chi connectivity index (χ0n) is 11.4. The summed E-state index contributed by atoms with van der Waals surface area (Å²) in [6, 6.07) is 8.25. The van der Waals surface area contributed by atoms with Gasteiger partial charge in [0.05, 0.1) is 0 Å². The van der Waals surface area contributed by atoms with E-state index in [1.807, 2.05) is 33.2 Å². The fourth-order valence-electron chi connectivity index (χ4n) is 1.67. The van der Waals surface area contributed by atoms with Crippen molar-refractivity contribution in [3.05, 3.63) is 35.4 Å². The van der Waals surface area contributed by atoms with Gasteiger partial charge in [0, 0.05) is 25.6 Å². The van der Waals surface area contributed by atoms with Crippen LogP contribution in [0.1, 0.15) is 18.1 Å². The van der Waals surface area contributed by atoms with Crippen molar-refractivity contribution in [3.8, 4) is 0 Å². The lowest BCUT2D eigenvalue weighted by molar-refractivity contribution is -0.124. The summed E-state index contributed by atoms with van der Waals surface area (Å²) in [7, 11) is 4.08. The van der Waals surface area contributed by atoms with Gasteiger partial charge in [-0.3, -0.25) is 4.79 Å². The summed E-state index contributed by atoms with van der Waals surface area (Å²) in [5.41, 5.74) is 7.82. The molecule has 1 unspecified atom stereocenters. The number of nitrogens with one attached hydrogen (secondary N) is 1. The third-order valence-electron chi connectivity index (χ3n) is 2.76. The van der Waals surface area contributed by atoms with E-state index in [4.69, 9.17) is 5.73 Å². The maximum atomic E-state index is 11.6. The Morgan fingerprint density at radius 2 is 2.06 bits per heavy atom. The van der Waals surface area contributed by atoms with E-state index in [9.17, 15) is 4.79 Å². The summed E-state index contributed by atoms with van der Waals surface area (Å²) in [4.78, 5) is 13.7. The van der Waals surface area contributed by atoms with Crippen molar-refractivity contribution in [2.24, 2.45) is 11.7 Å². The van der Waals surface area contributed by atoms with Crippen LogP contribution in [0.3, 0.4) is 0 Å². The van der Waals surface area contributed by atoms with Gasteiger partial charge in [-0.2, -0.15) is 0 Å². The number of carbonyl (C=O) groups excluding carboxylic acids is 1. The van der Waals surface area contributed by atoms with Gasteiger partial charge in [-0.1, -0.05) is 31.2 Å². The number of carbonyl (C=O) groups is 1. The summed E-state index contributed by atoms with van der Waals surface area (Å²) in [5, 5.41) is 2.90. The Hall–Kier alpha value is -1.39. The molecule has 0 saturated heterocycles. The maximum absolute atomic E-state index is 11.6. The molecule has 0 saturated carbocycles. The predicted molar refractivity (Wildman–Crippen MR) is 73.9 cm³/mol. The molecule has 0 radical (unpaired) electrons. The number of nitrogens with zero attached hydrogens (tertiary/aromatic N) is 1. The van der Waals surface area contributed by atoms with Crippen LogP contribution in [-0.4, -0.2) is 31.4 Å². The Morgan fingerprint density at radius 1 is 1.39 bits per heavy atom. The van der Waals surface area contributed by atoms with Gasteiger partial charge in [-0.05, 0) is 25.2 Å². The SMILES string of the molecule is CC(CN)C(=O)NCc1cccc(CN(C)C)c1. The van der Waals surface area contributed by atoms with Crippen LogP contribution in [-0.2, 0) is 17.9 Å². The van der Waals surface area contributed by atoms with Crippen LogP contribution in [0.4, 0.5) is 0 Å². The number of benzene rings is 1. The summed E-state index contributed by atoms with van der Waals surface area (Å²) in [6.45, 7) is 3.68. The Kier molecular flexibility index (Phi) is 5.82. The van der Waals surface area contributed by atoms with Crippen molar-refractivity contribution in [1.82, 2.24) is 10.2 Å². The first kappa shape index (κ1) is 14.7. The molecule has 0 spiro atoms. The number of hydrogen-bond acceptors (Lipinski definition) is 3. The fourth-order valence-corrected chi connectivity index (χ4v) is 1.67. The molecule has 4 heteroatoms. The van der Waals surface area contributed by atoms with E-state index in [2.05, 4.69) is 22.3 Å². The number of nitrogens with two attached hydrogens (primary N) is 1. The van der Waals surface area contributed by atoms with Crippen LogP contribution in [0.5, 0.6) is 0 Å². The molecule has 0 aromatic heterocycles. The van der Waals surface area contributed by atoms with Crippen LogP contribution in [0.2, 0.25) is 0 Å². The minimum absolute atomic E-state index is 0.00973. The molecule has 0 aliphatic carbocycles. The van der Waals surface area contributed by atoms with Crippen LogP contribution in [0.25, 0.3) is 0 Å². The van der Waals surface area contributed by atoms with Crippen LogP contribution >= 0.6 is 0 Å². The van der Waals surface area contributed by atoms with E-state index in [1.54, 1.807) is 0 Å². The highest BCUT2D eigenvalue weighted by Crippen LogP contribution is 2.07. The molecule has 18 heavy (non-hydrogen) atoms. The van der Waals surface area contributed by atoms with E-state index in [0.717, 1.165) is 12.1 Å². The van der Waals surface area contributed by atoms with Crippen molar-refractivity contribution in [1.29, 1.82) is 0 Å². The molecule has 0 aliphatic rings. The molecule has 1 atom stereocenters. The van der Waals surface area contributed by atoms with Crippen molar-refractivity contribution >= 4 is 5.91 Å². The Bertz CT molecular complexity index is 390. The molecule has 0 fully saturated rings. The molecular formula is C14H23N3O. The lowest BCUT2D eigenvalue weighted by Gasteiger charge is -2.12. The lowest BCUT2D eigenvalue weighted by Crippen LogP contribution is -2.32. The largest absolute Gasteiger partial charge is 0.352 e. The first-order valence-electron chi connectivity index (χ1n) is 6.23. The van der Waals surface area contributed by atoms with Gasteiger partial charge < -0.3 is 16.0 Å². The normalized spacial score (nSPS) is 12.5. The molecule has 100 valence electrons. The Labute approximate surface area is 109 Å². The first-order valence-corrected chi connectivity index (χ1v) is 6.23. The molecule has 1 amide bonds. The maximum Gasteiger partial charge on any atom is 0.224 e. The second kappa shape index (κ2) is 7.13. The highest BCUT2D eigenvalue weighted by Gasteiger charge is 2.09. The minimum Gasteiger partial charge on any atom is -0.352 e. The third-order valence-corrected chi connectivity index (χ3v) is 2.76. The molecule has 1 rings (SSSR count). The van der Waals surface area contributed by atoms with E-state index in [-0.39, 0.29) is 11.8 Å². The number of hydrogen-bond donors (Lipinski definition) is 2. The van der Waals surface area contributed by atoms with Crippen LogP contribution in [0, 0.1) is 5.92 Å². The van der Waals surface area contributed by atoms with Gasteiger partial charge in [-0.15, -0.1) is 0 Å². The topological polar surface area (TPSA) is 58.4 Å². The Balaban J connectivity index is 2.54. The van der Waals surface area contributed by atoms with Gasteiger partial charge in [0.25, 0.3) is 0 Å². The standard InChI is InChI=1S/C14H23N3O/c1-11(8-15)14(18)16-9-12-5-4-6-13(7-12)10-17(2)3/h4-7,11H,8-10,15H2,1-3H3,(H,16,18). The minimum atomic E-state index is -0.130. The fraction of sp³-hybridized carbons (Fsp3) is 0.500. The Morgan fingerprint density at radius 3 is 2.67 bits per heavy atom. The average molecular weight is 249 g/mol. The van der Waals surface area contributed by atoms with Gasteiger partial charge in [-0.25, -0.2) is 0 Å². The van der Waals surface area contributed by atoms with Crippen LogP contribution in [0.15, 0.2) is 24.3 Å². The smallest absolute Gasteiger partial charge is 0.224 e. The quantitative estimate of drug-likeness (QED) is 0.789. The van der Waals surface area contributed by atoms with Crippen molar-refractivity contribution < 1.29 is 4.79 Å². The molecule has 0 bridgehead atoms. The van der Waals surface area contributed by atoms with Crippen LogP contribution < -0.4 is 11.1 Å². The first-order chi connectivity index (χ1) is 8.52. The number of amides is 1. The molecule has 1 aromatic carbocycles. The second-order valence-corrected chi connectivity index (χ2v) is 4.91. The summed E-state index contributed by atoms with van der Waals surface area (Å²) < 4.78 is 0. The van der Waals surface area contributed by atoms with E-state index >= 15 is 0 Å². The molecule has 1 aromatic rings. The van der Waals surface area contributed by atoms with Crippen molar-refractivity contribution in [2.75, 3.05) is 20.6 Å². The van der Waals surface area contributed by atoms with E-state index < -0.39 is 0 Å². The summed E-state index contributed by atoms with van der Waals surface area (Å²) in [6.07, 6.45) is 0. The zero-order chi connectivity index (χ0) is 13.5. The third kappa shape index (κ3) is 4.85. The predicted octanol–water partition coefficient (Wildman–Crippen LogP) is 0.959. The highest BCUT2D eigenvalue weighted by molar-refractivity contribution is 5.78. The van der Waals surface area contributed by atoms with E-state index in [1.165, 1.54) is 5.56 Å². The van der Waals surface area contributed by atoms with E-state index in [0.29, 0.717) is 13.1 Å². The second-order valence-electron chi connectivity index (χ2n) is 4.91. The summed E-state index contributed by atoms with van der Waals surface area (Å²) >= 11 is 0. The average Bonchev–Trinajstić information content (AvgIpc) is 2.34. The molecule has 0 aliphatic heterocycles. The molecule has 0 heterocycles. The zero-order valence-corrected chi connectivity index (χ0v) is 11.4. The monoisotopic (exact) mass is 249 g/mol. The van der Waals surface area contributed by atoms with Gasteiger partial charge in [0.15, 0.2) is 0 Å².